The van der Waals surface area contributed by atoms with Gasteiger partial charge in [0.2, 0.25) is 10.0 Å². The number of anilines is 2. The first-order valence-electron chi connectivity index (χ1n) is 6.16. The summed E-state index contributed by atoms with van der Waals surface area (Å²) in [5, 5.41) is 3.03. The number of hydrazine groups is 1. The minimum Gasteiger partial charge on any atom is -0.369 e. The second-order valence-electron chi connectivity index (χ2n) is 5.45. The highest BCUT2D eigenvalue weighted by Gasteiger charge is 2.19. The number of nitrogens with one attached hydrogen (secondary N) is 3. The minimum absolute atomic E-state index is 0.214. The van der Waals surface area contributed by atoms with Gasteiger partial charge in [-0.1, -0.05) is 20.8 Å². The maximum Gasteiger partial charge on any atom is 0.208 e. The quantitative estimate of drug-likeness (QED) is 0.332. The molecular formula is C11H22N6O2S. The molecule has 0 fully saturated rings. The Bertz CT molecular complexity index is 553. The molecule has 5 N–H and O–H groups in total. The lowest BCUT2D eigenvalue weighted by Crippen LogP contribution is -2.28. The third-order valence-corrected chi connectivity index (χ3v) is 3.07. The Morgan fingerprint density at radius 2 is 1.80 bits per heavy atom. The highest BCUT2D eigenvalue weighted by molar-refractivity contribution is 7.88. The van der Waals surface area contributed by atoms with E-state index >= 15 is 0 Å². The lowest BCUT2D eigenvalue weighted by Gasteiger charge is -2.18. The van der Waals surface area contributed by atoms with E-state index in [1.807, 2.05) is 20.8 Å². The molecular weight excluding hydrogens is 280 g/mol. The molecule has 0 bridgehead atoms. The van der Waals surface area contributed by atoms with E-state index in [0.717, 1.165) is 6.26 Å². The van der Waals surface area contributed by atoms with Crippen molar-refractivity contribution in [2.75, 3.05) is 30.1 Å². The summed E-state index contributed by atoms with van der Waals surface area (Å²) in [6.07, 6.45) is 1.12. The third kappa shape index (κ3) is 5.68. The summed E-state index contributed by atoms with van der Waals surface area (Å²) < 4.78 is 24.3. The lowest BCUT2D eigenvalue weighted by molar-refractivity contribution is 0.546. The van der Waals surface area contributed by atoms with E-state index in [-0.39, 0.29) is 12.0 Å². The van der Waals surface area contributed by atoms with Gasteiger partial charge in [0.1, 0.15) is 17.5 Å². The molecule has 0 saturated heterocycles. The lowest BCUT2D eigenvalue weighted by atomic mass is 9.96. The van der Waals surface area contributed by atoms with E-state index in [9.17, 15) is 8.42 Å². The Balaban J connectivity index is 2.75. The summed E-state index contributed by atoms with van der Waals surface area (Å²) in [6.45, 7) is 6.68. The van der Waals surface area contributed by atoms with Crippen molar-refractivity contribution in [1.82, 2.24) is 14.7 Å². The minimum atomic E-state index is -3.18. The number of sulfonamides is 1. The fourth-order valence-electron chi connectivity index (χ4n) is 1.37. The van der Waals surface area contributed by atoms with Gasteiger partial charge in [0.15, 0.2) is 0 Å². The maximum atomic E-state index is 10.9. The first-order valence-corrected chi connectivity index (χ1v) is 8.05. The molecule has 0 saturated carbocycles. The van der Waals surface area contributed by atoms with Gasteiger partial charge >= 0.3 is 0 Å². The van der Waals surface area contributed by atoms with Crippen LogP contribution in [0.15, 0.2) is 6.07 Å². The Kier molecular flexibility index (Phi) is 5.26. The summed E-state index contributed by atoms with van der Waals surface area (Å²) in [5.41, 5.74) is 2.28. The number of aromatic nitrogens is 2. The van der Waals surface area contributed by atoms with Gasteiger partial charge in [-0.05, 0) is 0 Å². The van der Waals surface area contributed by atoms with Crippen LogP contribution in [0.3, 0.4) is 0 Å². The first kappa shape index (κ1) is 16.6. The molecule has 9 heteroatoms. The number of nitrogen functional groups attached to an aromatic ring is 1. The normalized spacial score (nSPS) is 12.2. The SMILES string of the molecule is CC(C)(C)c1nc(NN)cc(NCCNS(C)(=O)=O)n1. The summed E-state index contributed by atoms with van der Waals surface area (Å²) >= 11 is 0. The molecule has 0 aliphatic heterocycles. The van der Waals surface area contributed by atoms with Crippen molar-refractivity contribution in [3.8, 4) is 0 Å². The van der Waals surface area contributed by atoms with Gasteiger partial charge in [-0.25, -0.2) is 29.0 Å². The largest absolute Gasteiger partial charge is 0.369 e. The Morgan fingerprint density at radius 1 is 1.20 bits per heavy atom. The topological polar surface area (TPSA) is 122 Å². The van der Waals surface area contributed by atoms with E-state index in [4.69, 9.17) is 5.84 Å². The zero-order chi connectivity index (χ0) is 15.4. The van der Waals surface area contributed by atoms with Crippen molar-refractivity contribution >= 4 is 21.7 Å². The van der Waals surface area contributed by atoms with E-state index < -0.39 is 10.0 Å². The van der Waals surface area contributed by atoms with Gasteiger partial charge in [-0.15, -0.1) is 0 Å². The molecule has 1 aromatic rings. The van der Waals surface area contributed by atoms with Gasteiger partial charge in [0.25, 0.3) is 0 Å². The van der Waals surface area contributed by atoms with Crippen LogP contribution in [0, 0.1) is 0 Å². The second kappa shape index (κ2) is 6.33. The summed E-state index contributed by atoms with van der Waals surface area (Å²) in [7, 11) is -3.18. The maximum absolute atomic E-state index is 10.9. The molecule has 0 spiro atoms. The zero-order valence-electron chi connectivity index (χ0n) is 12.2. The fourth-order valence-corrected chi connectivity index (χ4v) is 1.85. The molecule has 0 aliphatic carbocycles. The molecule has 20 heavy (non-hydrogen) atoms. The molecule has 1 heterocycles. The highest BCUT2D eigenvalue weighted by atomic mass is 32.2. The van der Waals surface area contributed by atoms with Crippen LogP contribution in [0.25, 0.3) is 0 Å². The van der Waals surface area contributed by atoms with E-state index in [1.54, 1.807) is 6.07 Å². The molecule has 8 nitrogen and oxygen atoms in total. The highest BCUT2D eigenvalue weighted by Crippen LogP contribution is 2.21. The molecule has 114 valence electrons. The Hall–Kier alpha value is -1.45. The molecule has 1 rings (SSSR count). The Labute approximate surface area is 119 Å². The van der Waals surface area contributed by atoms with Crippen molar-refractivity contribution in [2.45, 2.75) is 26.2 Å². The summed E-state index contributed by atoms with van der Waals surface area (Å²) in [5.74, 6) is 7.12. The Morgan fingerprint density at radius 3 is 2.30 bits per heavy atom. The summed E-state index contributed by atoms with van der Waals surface area (Å²) in [6, 6.07) is 1.66. The van der Waals surface area contributed by atoms with Crippen molar-refractivity contribution in [2.24, 2.45) is 5.84 Å². The van der Waals surface area contributed by atoms with Crippen LogP contribution in [-0.4, -0.2) is 37.7 Å². The third-order valence-electron chi connectivity index (χ3n) is 2.34. The summed E-state index contributed by atoms with van der Waals surface area (Å²) in [4.78, 5) is 8.68. The van der Waals surface area contributed by atoms with Crippen LogP contribution in [0.2, 0.25) is 0 Å². The van der Waals surface area contributed by atoms with Gasteiger partial charge in [0, 0.05) is 24.6 Å². The average molecular weight is 302 g/mol. The fraction of sp³-hybridized carbons (Fsp3) is 0.636. The molecule has 1 aromatic heterocycles. The van der Waals surface area contributed by atoms with Gasteiger partial charge < -0.3 is 10.7 Å². The van der Waals surface area contributed by atoms with Crippen molar-refractivity contribution in [3.63, 3.8) is 0 Å². The van der Waals surface area contributed by atoms with E-state index in [2.05, 4.69) is 25.4 Å². The number of rotatable bonds is 6. The standard InChI is InChI=1S/C11H22N6O2S/c1-11(2,3)10-15-8(7-9(16-10)17-12)13-5-6-14-20(4,18)19/h7,14H,5-6,12H2,1-4H3,(H2,13,15,16,17). The smallest absolute Gasteiger partial charge is 0.208 e. The predicted octanol–water partition coefficient (Wildman–Crippen LogP) is 0.0208. The second-order valence-corrected chi connectivity index (χ2v) is 7.28. The molecule has 0 amide bonds. The van der Waals surface area contributed by atoms with Crippen LogP contribution < -0.4 is 21.3 Å². The van der Waals surface area contributed by atoms with Crippen molar-refractivity contribution < 1.29 is 8.42 Å². The van der Waals surface area contributed by atoms with E-state index in [0.29, 0.717) is 24.0 Å². The first-order chi connectivity index (χ1) is 9.12. The average Bonchev–Trinajstić information content (AvgIpc) is 2.32. The van der Waals surface area contributed by atoms with Crippen LogP contribution in [0.4, 0.5) is 11.6 Å². The van der Waals surface area contributed by atoms with Crippen LogP contribution in [0.5, 0.6) is 0 Å². The number of nitrogens with two attached hydrogens (primary N) is 1. The van der Waals surface area contributed by atoms with Crippen molar-refractivity contribution in [3.05, 3.63) is 11.9 Å². The molecule has 0 aromatic carbocycles. The number of hydrogen-bond donors (Lipinski definition) is 4. The molecule has 0 radical (unpaired) electrons. The van der Waals surface area contributed by atoms with E-state index in [1.165, 1.54) is 0 Å². The van der Waals surface area contributed by atoms with Crippen LogP contribution in [0.1, 0.15) is 26.6 Å². The predicted molar refractivity (Wildman–Crippen MR) is 79.9 cm³/mol. The molecule has 0 aliphatic rings. The van der Waals surface area contributed by atoms with Gasteiger partial charge in [-0.2, -0.15) is 0 Å². The van der Waals surface area contributed by atoms with Gasteiger partial charge in [-0.3, -0.25) is 0 Å². The van der Waals surface area contributed by atoms with Crippen molar-refractivity contribution in [1.29, 1.82) is 0 Å². The molecule has 0 atom stereocenters. The zero-order valence-corrected chi connectivity index (χ0v) is 13.0. The number of nitrogens with zero attached hydrogens (tertiary/aromatic N) is 2. The monoisotopic (exact) mass is 302 g/mol. The van der Waals surface area contributed by atoms with Gasteiger partial charge in [0.05, 0.1) is 6.26 Å². The number of hydrogen-bond acceptors (Lipinski definition) is 7. The molecule has 0 unspecified atom stereocenters. The van der Waals surface area contributed by atoms with Crippen LogP contribution in [-0.2, 0) is 15.4 Å². The van der Waals surface area contributed by atoms with Crippen LogP contribution >= 0.6 is 0 Å².